The van der Waals surface area contributed by atoms with E-state index in [1.54, 1.807) is 0 Å². The standard InChI is InChI=1S/C12H16BrNO6S/c13-11-10(5-9(20-11)12(16)17)21(18,19)14-6-7-1-3-8(15)4-2-7/h5,7-8,14-15H,1-4,6H2,(H,16,17). The molecule has 0 saturated heterocycles. The van der Waals surface area contributed by atoms with Crippen molar-refractivity contribution < 1.29 is 27.8 Å². The Morgan fingerprint density at radius 3 is 2.52 bits per heavy atom. The van der Waals surface area contributed by atoms with Crippen molar-refractivity contribution >= 4 is 31.9 Å². The summed E-state index contributed by atoms with van der Waals surface area (Å²) < 4.78 is 31.5. The molecule has 0 atom stereocenters. The second kappa shape index (κ2) is 6.47. The largest absolute Gasteiger partial charge is 0.475 e. The van der Waals surface area contributed by atoms with Crippen LogP contribution in [0.4, 0.5) is 0 Å². The van der Waals surface area contributed by atoms with Crippen LogP contribution in [-0.2, 0) is 10.0 Å². The lowest BCUT2D eigenvalue weighted by Crippen LogP contribution is -2.32. The number of carboxylic acids is 1. The Morgan fingerprint density at radius 1 is 1.38 bits per heavy atom. The maximum atomic E-state index is 12.2. The lowest BCUT2D eigenvalue weighted by Gasteiger charge is -2.25. The maximum absolute atomic E-state index is 12.2. The summed E-state index contributed by atoms with van der Waals surface area (Å²) in [6.07, 6.45) is 2.57. The molecule has 1 aromatic rings. The fraction of sp³-hybridized carbons (Fsp3) is 0.583. The maximum Gasteiger partial charge on any atom is 0.371 e. The highest BCUT2D eigenvalue weighted by molar-refractivity contribution is 9.10. The molecule has 0 aliphatic heterocycles. The molecule has 1 fully saturated rings. The van der Waals surface area contributed by atoms with Gasteiger partial charge in [0.2, 0.25) is 15.8 Å². The summed E-state index contributed by atoms with van der Waals surface area (Å²) in [7, 11) is -3.83. The smallest absolute Gasteiger partial charge is 0.371 e. The van der Waals surface area contributed by atoms with Crippen molar-refractivity contribution in [3.8, 4) is 0 Å². The number of rotatable bonds is 5. The average molecular weight is 382 g/mol. The van der Waals surface area contributed by atoms with Crippen LogP contribution in [0.25, 0.3) is 0 Å². The van der Waals surface area contributed by atoms with E-state index in [1.165, 1.54) is 0 Å². The van der Waals surface area contributed by atoms with Crippen LogP contribution in [0, 0.1) is 5.92 Å². The monoisotopic (exact) mass is 381 g/mol. The highest BCUT2D eigenvalue weighted by Crippen LogP contribution is 2.27. The number of halogens is 1. The predicted octanol–water partition coefficient (Wildman–Crippen LogP) is 1.57. The summed E-state index contributed by atoms with van der Waals surface area (Å²) in [5, 5.41) is 18.2. The van der Waals surface area contributed by atoms with Crippen molar-refractivity contribution in [1.29, 1.82) is 0 Å². The SMILES string of the molecule is O=C(O)c1cc(S(=O)(=O)NCC2CCC(O)CC2)c(Br)o1. The topological polar surface area (TPSA) is 117 Å². The molecule has 118 valence electrons. The van der Waals surface area contributed by atoms with Crippen LogP contribution in [0.5, 0.6) is 0 Å². The molecule has 3 N–H and O–H groups in total. The summed E-state index contributed by atoms with van der Waals surface area (Å²) in [5.41, 5.74) is 0. The number of aliphatic hydroxyl groups excluding tert-OH is 1. The number of carbonyl (C=O) groups is 1. The van der Waals surface area contributed by atoms with Gasteiger partial charge in [-0.1, -0.05) is 0 Å². The van der Waals surface area contributed by atoms with Gasteiger partial charge in [-0.3, -0.25) is 0 Å². The Morgan fingerprint density at radius 2 is 2.00 bits per heavy atom. The predicted molar refractivity (Wildman–Crippen MR) is 76.5 cm³/mol. The lowest BCUT2D eigenvalue weighted by atomic mass is 9.88. The molecule has 0 radical (unpaired) electrons. The fourth-order valence-electron chi connectivity index (χ4n) is 2.29. The van der Waals surface area contributed by atoms with E-state index in [2.05, 4.69) is 20.7 Å². The van der Waals surface area contributed by atoms with Crippen LogP contribution in [0.3, 0.4) is 0 Å². The van der Waals surface area contributed by atoms with Crippen LogP contribution in [0.15, 0.2) is 20.0 Å². The highest BCUT2D eigenvalue weighted by atomic mass is 79.9. The minimum Gasteiger partial charge on any atom is -0.475 e. The van der Waals surface area contributed by atoms with Gasteiger partial charge in [0.25, 0.3) is 0 Å². The fourth-order valence-corrected chi connectivity index (χ4v) is 4.35. The molecule has 0 amide bonds. The van der Waals surface area contributed by atoms with E-state index in [0.717, 1.165) is 18.9 Å². The third-order valence-electron chi connectivity index (χ3n) is 3.53. The zero-order valence-electron chi connectivity index (χ0n) is 11.1. The summed E-state index contributed by atoms with van der Waals surface area (Å²) in [6.45, 7) is 0.259. The lowest BCUT2D eigenvalue weighted by molar-refractivity contribution is 0.0661. The van der Waals surface area contributed by atoms with Gasteiger partial charge in [0.15, 0.2) is 4.67 Å². The van der Waals surface area contributed by atoms with Crippen molar-refractivity contribution in [3.05, 3.63) is 16.5 Å². The normalized spacial score (nSPS) is 23.1. The molecule has 1 saturated carbocycles. The second-order valence-corrected chi connectivity index (χ2v) is 7.54. The molecule has 1 aliphatic rings. The molecule has 0 aromatic carbocycles. The molecule has 21 heavy (non-hydrogen) atoms. The Bertz CT molecular complexity index is 618. The van der Waals surface area contributed by atoms with E-state index in [0.29, 0.717) is 12.8 Å². The van der Waals surface area contributed by atoms with E-state index in [1.807, 2.05) is 0 Å². The number of aromatic carboxylic acids is 1. The highest BCUT2D eigenvalue weighted by Gasteiger charge is 2.26. The van der Waals surface area contributed by atoms with E-state index in [4.69, 9.17) is 9.52 Å². The van der Waals surface area contributed by atoms with Gasteiger partial charge >= 0.3 is 5.97 Å². The van der Waals surface area contributed by atoms with E-state index in [9.17, 15) is 18.3 Å². The number of sulfonamides is 1. The van der Waals surface area contributed by atoms with Gasteiger partial charge in [0, 0.05) is 12.6 Å². The third kappa shape index (κ3) is 4.06. The molecule has 0 spiro atoms. The van der Waals surface area contributed by atoms with E-state index < -0.39 is 21.8 Å². The Hall–Kier alpha value is -0.900. The van der Waals surface area contributed by atoms with Gasteiger partial charge in [-0.15, -0.1) is 0 Å². The summed E-state index contributed by atoms with van der Waals surface area (Å²) >= 11 is 2.91. The van der Waals surface area contributed by atoms with Crippen molar-refractivity contribution in [3.63, 3.8) is 0 Å². The number of carboxylic acid groups (broad SMARTS) is 1. The molecule has 7 nitrogen and oxygen atoms in total. The molecule has 1 aromatic heterocycles. The molecular weight excluding hydrogens is 366 g/mol. The Balaban J connectivity index is 2.03. The van der Waals surface area contributed by atoms with Crippen molar-refractivity contribution in [1.82, 2.24) is 4.72 Å². The van der Waals surface area contributed by atoms with Gasteiger partial charge in [0.1, 0.15) is 4.90 Å². The summed E-state index contributed by atoms with van der Waals surface area (Å²) in [5.74, 6) is -1.60. The molecule has 1 aliphatic carbocycles. The Labute approximate surface area is 130 Å². The van der Waals surface area contributed by atoms with Crippen LogP contribution in [-0.4, -0.2) is 37.2 Å². The zero-order chi connectivity index (χ0) is 15.6. The van der Waals surface area contributed by atoms with Crippen LogP contribution in [0.2, 0.25) is 0 Å². The van der Waals surface area contributed by atoms with Crippen molar-refractivity contribution in [2.24, 2.45) is 5.92 Å². The van der Waals surface area contributed by atoms with Gasteiger partial charge in [0.05, 0.1) is 6.10 Å². The van der Waals surface area contributed by atoms with Crippen LogP contribution >= 0.6 is 15.9 Å². The quantitative estimate of drug-likeness (QED) is 0.712. The van der Waals surface area contributed by atoms with E-state index >= 15 is 0 Å². The van der Waals surface area contributed by atoms with Crippen LogP contribution in [0.1, 0.15) is 36.2 Å². The molecule has 0 unspecified atom stereocenters. The number of nitrogens with one attached hydrogen (secondary N) is 1. The van der Waals surface area contributed by atoms with Gasteiger partial charge in [-0.2, -0.15) is 0 Å². The molecule has 0 bridgehead atoms. The number of hydrogen-bond acceptors (Lipinski definition) is 5. The Kier molecular flexibility index (Phi) is 5.07. The molecular formula is C12H16BrNO6S. The summed E-state index contributed by atoms with van der Waals surface area (Å²) in [4.78, 5) is 10.5. The first kappa shape index (κ1) is 16.5. The van der Waals surface area contributed by atoms with Crippen molar-refractivity contribution in [2.45, 2.75) is 36.7 Å². The summed E-state index contributed by atoms with van der Waals surface area (Å²) in [6, 6.07) is 0.972. The average Bonchev–Trinajstić information content (AvgIpc) is 2.81. The minimum absolute atomic E-state index is 0.133. The van der Waals surface area contributed by atoms with Crippen molar-refractivity contribution in [2.75, 3.05) is 6.54 Å². The first-order valence-corrected chi connectivity index (χ1v) is 8.77. The first-order valence-electron chi connectivity index (χ1n) is 6.50. The molecule has 2 rings (SSSR count). The zero-order valence-corrected chi connectivity index (χ0v) is 13.5. The van der Waals surface area contributed by atoms with Gasteiger partial charge < -0.3 is 14.6 Å². The first-order chi connectivity index (χ1) is 9.79. The van der Waals surface area contributed by atoms with Gasteiger partial charge in [-0.25, -0.2) is 17.9 Å². The number of furan rings is 1. The third-order valence-corrected chi connectivity index (χ3v) is 5.81. The van der Waals surface area contributed by atoms with Crippen LogP contribution < -0.4 is 4.72 Å². The molecule has 1 heterocycles. The minimum atomic E-state index is -3.83. The van der Waals surface area contributed by atoms with E-state index in [-0.39, 0.29) is 28.1 Å². The molecule has 9 heteroatoms. The van der Waals surface area contributed by atoms with Gasteiger partial charge in [-0.05, 0) is 47.5 Å². The second-order valence-electron chi connectivity index (χ2n) is 5.08. The number of aliphatic hydroxyl groups is 1. The number of hydrogen-bond donors (Lipinski definition) is 3.